The molecule has 98 valence electrons. The summed E-state index contributed by atoms with van der Waals surface area (Å²) in [5, 5.41) is 12.2. The van der Waals surface area contributed by atoms with Crippen molar-refractivity contribution in [3.63, 3.8) is 0 Å². The summed E-state index contributed by atoms with van der Waals surface area (Å²) < 4.78 is 0. The zero-order valence-corrected chi connectivity index (χ0v) is 11.8. The summed E-state index contributed by atoms with van der Waals surface area (Å²) in [7, 11) is 4.08. The van der Waals surface area contributed by atoms with Crippen LogP contribution in [0.15, 0.2) is 24.3 Å². The second-order valence-corrected chi connectivity index (χ2v) is 4.84. The maximum Gasteiger partial charge on any atom is 0.0638 e. The normalized spacial score (nSPS) is 13.7. The minimum absolute atomic E-state index is 0.276. The van der Waals surface area contributed by atoms with E-state index >= 15 is 0 Å². The molecule has 3 heteroatoms. The molecule has 3 nitrogen and oxygen atoms in total. The molecule has 18 heavy (non-hydrogen) atoms. The molecule has 1 aromatic rings. The Bertz CT molecular complexity index is 389. The Morgan fingerprint density at radius 3 is 2.33 bits per heavy atom. The molecule has 0 aliphatic carbocycles. The summed E-state index contributed by atoms with van der Waals surface area (Å²) in [5.74, 6) is 0. The van der Waals surface area contributed by atoms with Crippen LogP contribution >= 0.6 is 0 Å². The first-order chi connectivity index (χ1) is 8.58. The van der Waals surface area contributed by atoms with Crippen LogP contribution in [0, 0.1) is 11.3 Å². The molecular weight excluding hydrogens is 222 g/mol. The first-order valence-electron chi connectivity index (χ1n) is 6.48. The Balaban J connectivity index is 2.66. The summed E-state index contributed by atoms with van der Waals surface area (Å²) in [6.45, 7) is 4.25. The zero-order valence-electron chi connectivity index (χ0n) is 11.8. The number of hydrogen-bond acceptors (Lipinski definition) is 3. The molecule has 2 unspecified atom stereocenters. The van der Waals surface area contributed by atoms with Crippen molar-refractivity contribution in [3.8, 4) is 6.07 Å². The van der Waals surface area contributed by atoms with Crippen LogP contribution in [-0.4, -0.2) is 20.1 Å². The number of nitrogens with zero attached hydrogens (tertiary/aromatic N) is 2. The maximum atomic E-state index is 8.75. The number of hydrogen-bond donors (Lipinski definition) is 1. The molecule has 1 rings (SSSR count). The first kappa shape index (κ1) is 14.5. The van der Waals surface area contributed by atoms with Gasteiger partial charge in [0.15, 0.2) is 0 Å². The summed E-state index contributed by atoms with van der Waals surface area (Å²) >= 11 is 0. The van der Waals surface area contributed by atoms with E-state index < -0.39 is 0 Å². The van der Waals surface area contributed by atoms with Crippen LogP contribution in [0.25, 0.3) is 0 Å². The highest BCUT2D eigenvalue weighted by molar-refractivity contribution is 5.46. The largest absolute Gasteiger partial charge is 0.378 e. The Labute approximate surface area is 110 Å². The van der Waals surface area contributed by atoms with Crippen molar-refractivity contribution < 1.29 is 0 Å². The topological polar surface area (TPSA) is 39.1 Å². The highest BCUT2D eigenvalue weighted by Crippen LogP contribution is 2.18. The smallest absolute Gasteiger partial charge is 0.0638 e. The lowest BCUT2D eigenvalue weighted by molar-refractivity contribution is 0.448. The van der Waals surface area contributed by atoms with Gasteiger partial charge in [-0.1, -0.05) is 19.1 Å². The predicted octanol–water partition coefficient (Wildman–Crippen LogP) is 3.10. The van der Waals surface area contributed by atoms with Crippen molar-refractivity contribution >= 4 is 5.69 Å². The molecule has 0 aromatic heterocycles. The van der Waals surface area contributed by atoms with Gasteiger partial charge in [0.2, 0.25) is 0 Å². The summed E-state index contributed by atoms with van der Waals surface area (Å²) in [6, 6.07) is 11.3. The lowest BCUT2D eigenvalue weighted by Gasteiger charge is -2.21. The van der Waals surface area contributed by atoms with E-state index in [-0.39, 0.29) is 12.1 Å². The summed E-state index contributed by atoms with van der Waals surface area (Å²) in [5.41, 5.74) is 2.46. The molecular formula is C15H23N3. The average molecular weight is 245 g/mol. The maximum absolute atomic E-state index is 8.75. The molecule has 0 saturated heterocycles. The van der Waals surface area contributed by atoms with E-state index in [1.165, 1.54) is 11.3 Å². The molecule has 0 fully saturated rings. The van der Waals surface area contributed by atoms with E-state index in [1.807, 2.05) is 14.1 Å². The standard InChI is InChI=1S/C15H23N3/c1-5-14(10-11-16)17-12(2)13-6-8-15(9-7-13)18(3)4/h6-9,12,14,17H,5,10H2,1-4H3. The second-order valence-electron chi connectivity index (χ2n) is 4.84. The molecule has 0 spiro atoms. The number of rotatable bonds is 6. The fourth-order valence-corrected chi connectivity index (χ4v) is 1.94. The van der Waals surface area contributed by atoms with Gasteiger partial charge in [-0.2, -0.15) is 5.26 Å². The molecule has 0 heterocycles. The number of nitriles is 1. The Morgan fingerprint density at radius 1 is 1.28 bits per heavy atom. The van der Waals surface area contributed by atoms with Crippen molar-refractivity contribution in [2.24, 2.45) is 0 Å². The van der Waals surface area contributed by atoms with E-state index in [4.69, 9.17) is 5.26 Å². The zero-order chi connectivity index (χ0) is 13.5. The van der Waals surface area contributed by atoms with Crippen molar-refractivity contribution in [2.75, 3.05) is 19.0 Å². The van der Waals surface area contributed by atoms with Crippen LogP contribution in [0.4, 0.5) is 5.69 Å². The fraction of sp³-hybridized carbons (Fsp3) is 0.533. The van der Waals surface area contributed by atoms with Crippen molar-refractivity contribution in [3.05, 3.63) is 29.8 Å². The highest BCUT2D eigenvalue weighted by atomic mass is 15.1. The van der Waals surface area contributed by atoms with Gasteiger partial charge in [-0.3, -0.25) is 0 Å². The minimum Gasteiger partial charge on any atom is -0.378 e. The van der Waals surface area contributed by atoms with E-state index in [2.05, 4.69) is 54.4 Å². The lowest BCUT2D eigenvalue weighted by atomic mass is 10.0. The Morgan fingerprint density at radius 2 is 1.89 bits per heavy atom. The van der Waals surface area contributed by atoms with E-state index in [0.29, 0.717) is 6.42 Å². The predicted molar refractivity (Wildman–Crippen MR) is 76.6 cm³/mol. The van der Waals surface area contributed by atoms with Gasteiger partial charge in [0.25, 0.3) is 0 Å². The first-order valence-corrected chi connectivity index (χ1v) is 6.48. The molecule has 0 radical (unpaired) electrons. The molecule has 0 aliphatic rings. The van der Waals surface area contributed by atoms with E-state index in [0.717, 1.165) is 6.42 Å². The molecule has 0 amide bonds. The third kappa shape index (κ3) is 4.05. The molecule has 1 aromatic carbocycles. The van der Waals surface area contributed by atoms with Crippen molar-refractivity contribution in [1.29, 1.82) is 5.26 Å². The number of nitrogens with one attached hydrogen (secondary N) is 1. The molecule has 0 saturated carbocycles. The van der Waals surface area contributed by atoms with Gasteiger partial charge >= 0.3 is 0 Å². The summed E-state index contributed by atoms with van der Waals surface area (Å²) in [4.78, 5) is 2.09. The van der Waals surface area contributed by atoms with Gasteiger partial charge in [0.05, 0.1) is 12.5 Å². The van der Waals surface area contributed by atoms with Crippen molar-refractivity contribution in [1.82, 2.24) is 5.32 Å². The van der Waals surface area contributed by atoms with Crippen LogP contribution in [0.5, 0.6) is 0 Å². The monoisotopic (exact) mass is 245 g/mol. The number of anilines is 1. The van der Waals surface area contributed by atoms with Crippen molar-refractivity contribution in [2.45, 2.75) is 38.8 Å². The third-order valence-corrected chi connectivity index (χ3v) is 3.23. The number of benzene rings is 1. The Kier molecular flexibility index (Phi) is 5.67. The highest BCUT2D eigenvalue weighted by Gasteiger charge is 2.11. The second kappa shape index (κ2) is 7.03. The van der Waals surface area contributed by atoms with Crippen LogP contribution in [0.3, 0.4) is 0 Å². The van der Waals surface area contributed by atoms with E-state index in [9.17, 15) is 0 Å². The summed E-state index contributed by atoms with van der Waals surface area (Å²) in [6.07, 6.45) is 1.55. The molecule has 0 aliphatic heterocycles. The van der Waals surface area contributed by atoms with Gasteiger partial charge < -0.3 is 10.2 Å². The molecule has 2 atom stereocenters. The van der Waals surface area contributed by atoms with Crippen LogP contribution in [0.1, 0.15) is 38.3 Å². The third-order valence-electron chi connectivity index (χ3n) is 3.23. The van der Waals surface area contributed by atoms with Gasteiger partial charge in [0, 0.05) is 31.9 Å². The van der Waals surface area contributed by atoms with Gasteiger partial charge in [0.1, 0.15) is 0 Å². The SMILES string of the molecule is CCC(CC#N)NC(C)c1ccc(N(C)C)cc1. The van der Waals surface area contributed by atoms with Crippen LogP contribution < -0.4 is 10.2 Å². The minimum atomic E-state index is 0.276. The Hall–Kier alpha value is -1.53. The lowest BCUT2D eigenvalue weighted by Crippen LogP contribution is -2.30. The average Bonchev–Trinajstić information content (AvgIpc) is 2.38. The molecule has 1 N–H and O–H groups in total. The van der Waals surface area contributed by atoms with Crippen LogP contribution in [-0.2, 0) is 0 Å². The fourth-order valence-electron chi connectivity index (χ4n) is 1.94. The van der Waals surface area contributed by atoms with Crippen LogP contribution in [0.2, 0.25) is 0 Å². The molecule has 0 bridgehead atoms. The van der Waals surface area contributed by atoms with E-state index in [1.54, 1.807) is 0 Å². The van der Waals surface area contributed by atoms with Gasteiger partial charge in [-0.25, -0.2) is 0 Å². The van der Waals surface area contributed by atoms with Gasteiger partial charge in [-0.15, -0.1) is 0 Å². The quantitative estimate of drug-likeness (QED) is 0.837. The van der Waals surface area contributed by atoms with Gasteiger partial charge in [-0.05, 0) is 31.0 Å².